The lowest BCUT2D eigenvalue weighted by Crippen LogP contribution is -2.22. The lowest BCUT2D eigenvalue weighted by atomic mass is 10.2. The number of amides is 1. The zero-order valence-corrected chi connectivity index (χ0v) is 17.5. The van der Waals surface area contributed by atoms with Crippen molar-refractivity contribution in [2.24, 2.45) is 0 Å². The van der Waals surface area contributed by atoms with E-state index in [1.165, 1.54) is 17.8 Å². The Morgan fingerprint density at radius 2 is 1.93 bits per heavy atom. The van der Waals surface area contributed by atoms with Crippen molar-refractivity contribution in [3.63, 3.8) is 0 Å². The Morgan fingerprint density at radius 1 is 1.21 bits per heavy atom. The second kappa shape index (κ2) is 8.05. The van der Waals surface area contributed by atoms with Gasteiger partial charge in [0.1, 0.15) is 5.82 Å². The summed E-state index contributed by atoms with van der Waals surface area (Å²) in [6.45, 7) is 1.83. The van der Waals surface area contributed by atoms with Crippen molar-refractivity contribution in [2.45, 2.75) is 36.2 Å². The first-order valence-electron chi connectivity index (χ1n) is 8.96. The Morgan fingerprint density at radius 3 is 2.61 bits per heavy atom. The van der Waals surface area contributed by atoms with Crippen molar-refractivity contribution in [1.29, 1.82) is 0 Å². The van der Waals surface area contributed by atoms with Gasteiger partial charge in [-0.3, -0.25) is 9.36 Å². The number of carbonyl (C=O) groups excluding carboxylic acids is 1. The minimum absolute atomic E-state index is 0.120. The molecule has 1 N–H and O–H groups in total. The molecule has 4 rings (SSSR count). The average Bonchev–Trinajstić information content (AvgIpc) is 3.44. The van der Waals surface area contributed by atoms with Crippen molar-refractivity contribution in [1.82, 2.24) is 14.8 Å². The average molecular weight is 461 g/mol. The fraction of sp³-hybridized carbons (Fsp3) is 0.250. The largest absolute Gasteiger partial charge is 0.325 e. The monoisotopic (exact) mass is 460 g/mol. The molecule has 1 amide bonds. The standard InChI is InChI=1S/C20H18BrFN4OS/c1-12(19(27)23-14-8-6-13(21)7-9-14)28-20-25-24-18(26(20)15-10-11-15)16-4-2-3-5-17(16)22/h2-9,12,15H,10-11H2,1H3,(H,23,27). The summed E-state index contributed by atoms with van der Waals surface area (Å²) in [7, 11) is 0. The second-order valence-electron chi connectivity index (χ2n) is 6.64. The Hall–Kier alpha value is -2.19. The zero-order chi connectivity index (χ0) is 19.7. The van der Waals surface area contributed by atoms with Gasteiger partial charge in [0.25, 0.3) is 0 Å². The van der Waals surface area contributed by atoms with Gasteiger partial charge < -0.3 is 5.32 Å². The van der Waals surface area contributed by atoms with Gasteiger partial charge in [0.2, 0.25) is 5.91 Å². The maximum absolute atomic E-state index is 14.3. The minimum atomic E-state index is -0.376. The van der Waals surface area contributed by atoms with Gasteiger partial charge in [0.05, 0.1) is 10.8 Å². The number of hydrogen-bond donors (Lipinski definition) is 1. The highest BCUT2D eigenvalue weighted by Crippen LogP contribution is 2.42. The van der Waals surface area contributed by atoms with Crippen molar-refractivity contribution >= 4 is 39.3 Å². The molecule has 144 valence electrons. The SMILES string of the molecule is CC(Sc1nnc(-c2ccccc2F)n1C1CC1)C(=O)Nc1ccc(Br)cc1. The normalized spacial score (nSPS) is 14.7. The summed E-state index contributed by atoms with van der Waals surface area (Å²) < 4.78 is 17.2. The van der Waals surface area contributed by atoms with Crippen LogP contribution < -0.4 is 5.32 Å². The minimum Gasteiger partial charge on any atom is -0.325 e. The molecule has 0 radical (unpaired) electrons. The molecule has 1 aliphatic carbocycles. The van der Waals surface area contributed by atoms with Crippen LogP contribution >= 0.6 is 27.7 Å². The van der Waals surface area contributed by atoms with Crippen LogP contribution in [0.5, 0.6) is 0 Å². The molecular weight excluding hydrogens is 443 g/mol. The topological polar surface area (TPSA) is 59.8 Å². The van der Waals surface area contributed by atoms with Crippen molar-refractivity contribution in [3.05, 3.63) is 58.8 Å². The summed E-state index contributed by atoms with van der Waals surface area (Å²) in [6, 6.07) is 14.2. The highest BCUT2D eigenvalue weighted by atomic mass is 79.9. The number of aromatic nitrogens is 3. The number of nitrogens with zero attached hydrogens (tertiary/aromatic N) is 3. The summed E-state index contributed by atoms with van der Waals surface area (Å²) >= 11 is 4.71. The number of halogens is 2. The number of nitrogens with one attached hydrogen (secondary N) is 1. The molecule has 1 fully saturated rings. The molecular formula is C20H18BrFN4OS. The summed E-state index contributed by atoms with van der Waals surface area (Å²) in [5.41, 5.74) is 1.16. The molecule has 1 aromatic heterocycles. The van der Waals surface area contributed by atoms with Crippen LogP contribution in [0.2, 0.25) is 0 Å². The van der Waals surface area contributed by atoms with Crippen molar-refractivity contribution < 1.29 is 9.18 Å². The van der Waals surface area contributed by atoms with Gasteiger partial charge in [-0.15, -0.1) is 10.2 Å². The Bertz CT molecular complexity index is 1000. The van der Waals surface area contributed by atoms with E-state index in [0.29, 0.717) is 16.5 Å². The van der Waals surface area contributed by atoms with Crippen molar-refractivity contribution in [2.75, 3.05) is 5.32 Å². The van der Waals surface area contributed by atoms with Gasteiger partial charge in [-0.05, 0) is 56.2 Å². The van der Waals surface area contributed by atoms with Gasteiger partial charge >= 0.3 is 0 Å². The summed E-state index contributed by atoms with van der Waals surface area (Å²) in [6.07, 6.45) is 2.01. The van der Waals surface area contributed by atoms with Gasteiger partial charge in [0.15, 0.2) is 11.0 Å². The quantitative estimate of drug-likeness (QED) is 0.506. The zero-order valence-electron chi connectivity index (χ0n) is 15.1. The number of carbonyl (C=O) groups is 1. The summed E-state index contributed by atoms with van der Waals surface area (Å²) in [5, 5.41) is 11.7. The third-order valence-corrected chi connectivity index (χ3v) is 6.04. The lowest BCUT2D eigenvalue weighted by Gasteiger charge is -2.13. The summed E-state index contributed by atoms with van der Waals surface area (Å²) in [5.74, 6) is 0.0723. The number of hydrogen-bond acceptors (Lipinski definition) is 4. The van der Waals surface area contributed by atoms with Gasteiger partial charge in [-0.2, -0.15) is 0 Å². The predicted octanol–water partition coefficient (Wildman–Crippen LogP) is 5.30. The number of rotatable bonds is 6. The molecule has 2 aromatic carbocycles. The maximum Gasteiger partial charge on any atom is 0.237 e. The van der Waals surface area contributed by atoms with Crippen LogP contribution in [0.3, 0.4) is 0 Å². The van der Waals surface area contributed by atoms with Crippen LogP contribution in [0, 0.1) is 5.82 Å². The van der Waals surface area contributed by atoms with Crippen LogP contribution in [0.25, 0.3) is 11.4 Å². The van der Waals surface area contributed by atoms with Crippen LogP contribution in [-0.2, 0) is 4.79 Å². The fourth-order valence-electron chi connectivity index (χ4n) is 2.83. The molecule has 28 heavy (non-hydrogen) atoms. The summed E-state index contributed by atoms with van der Waals surface area (Å²) in [4.78, 5) is 12.6. The molecule has 1 unspecified atom stereocenters. The predicted molar refractivity (Wildman–Crippen MR) is 112 cm³/mol. The van der Waals surface area contributed by atoms with E-state index in [1.54, 1.807) is 18.2 Å². The van der Waals surface area contributed by atoms with E-state index >= 15 is 0 Å². The maximum atomic E-state index is 14.3. The second-order valence-corrected chi connectivity index (χ2v) is 8.87. The smallest absolute Gasteiger partial charge is 0.237 e. The van der Waals surface area contributed by atoms with Crippen LogP contribution in [0.15, 0.2) is 58.2 Å². The van der Waals surface area contributed by atoms with Crippen LogP contribution in [-0.4, -0.2) is 25.9 Å². The molecule has 1 heterocycles. The molecule has 0 saturated heterocycles. The van der Waals surface area contributed by atoms with E-state index in [0.717, 1.165) is 23.0 Å². The van der Waals surface area contributed by atoms with E-state index in [-0.39, 0.29) is 23.0 Å². The third kappa shape index (κ3) is 4.12. The van der Waals surface area contributed by atoms with Gasteiger partial charge in [0, 0.05) is 16.2 Å². The van der Waals surface area contributed by atoms with Crippen LogP contribution in [0.4, 0.5) is 10.1 Å². The van der Waals surface area contributed by atoms with E-state index in [9.17, 15) is 9.18 Å². The highest BCUT2D eigenvalue weighted by molar-refractivity contribution is 9.10. The Kier molecular flexibility index (Phi) is 5.50. The highest BCUT2D eigenvalue weighted by Gasteiger charge is 2.32. The number of benzene rings is 2. The van der Waals surface area contributed by atoms with E-state index in [2.05, 4.69) is 31.4 Å². The molecule has 5 nitrogen and oxygen atoms in total. The molecule has 1 saturated carbocycles. The first-order chi connectivity index (χ1) is 13.5. The van der Waals surface area contributed by atoms with E-state index in [4.69, 9.17) is 0 Å². The number of thioether (sulfide) groups is 1. The first kappa shape index (κ1) is 19.1. The fourth-order valence-corrected chi connectivity index (χ4v) is 4.02. The third-order valence-electron chi connectivity index (χ3n) is 4.45. The first-order valence-corrected chi connectivity index (χ1v) is 10.6. The van der Waals surface area contributed by atoms with E-state index in [1.807, 2.05) is 35.8 Å². The molecule has 0 bridgehead atoms. The molecule has 0 spiro atoms. The van der Waals surface area contributed by atoms with Gasteiger partial charge in [-0.25, -0.2) is 4.39 Å². The number of anilines is 1. The van der Waals surface area contributed by atoms with Crippen molar-refractivity contribution in [3.8, 4) is 11.4 Å². The lowest BCUT2D eigenvalue weighted by molar-refractivity contribution is -0.115. The molecule has 1 atom stereocenters. The Labute approximate surface area is 174 Å². The van der Waals surface area contributed by atoms with Crippen LogP contribution in [0.1, 0.15) is 25.8 Å². The van der Waals surface area contributed by atoms with Gasteiger partial charge in [-0.1, -0.05) is 39.8 Å². The van der Waals surface area contributed by atoms with E-state index < -0.39 is 0 Å². The molecule has 3 aromatic rings. The Balaban J connectivity index is 1.54. The molecule has 8 heteroatoms. The molecule has 1 aliphatic rings. The molecule has 0 aliphatic heterocycles.